The maximum atomic E-state index is 3.40. The fourth-order valence-corrected chi connectivity index (χ4v) is 2.71. The van der Waals surface area contributed by atoms with Gasteiger partial charge in [0.2, 0.25) is 0 Å². The summed E-state index contributed by atoms with van der Waals surface area (Å²) < 4.78 is -0.479. The Morgan fingerprint density at radius 2 is 1.00 bits per heavy atom. The van der Waals surface area contributed by atoms with E-state index in [1.807, 2.05) is 48.5 Å². The summed E-state index contributed by atoms with van der Waals surface area (Å²) in [4.78, 5) is 0. The van der Waals surface area contributed by atoms with Gasteiger partial charge in [0.25, 0.3) is 0 Å². The number of hydrogen-bond donors (Lipinski definition) is 0. The first-order valence-corrected chi connectivity index (χ1v) is 9.55. The molecule has 0 aliphatic carbocycles. The van der Waals surface area contributed by atoms with Crippen molar-refractivity contribution >= 4 is 95.6 Å². The normalized spacial score (nSPS) is 11.3. The molecule has 0 bridgehead atoms. The Morgan fingerprint density at radius 1 is 0.684 bits per heavy atom. The van der Waals surface area contributed by atoms with Crippen LogP contribution < -0.4 is 0 Å². The Labute approximate surface area is 174 Å². The van der Waals surface area contributed by atoms with Crippen molar-refractivity contribution in [2.45, 2.75) is 4.29 Å². The topological polar surface area (TPSA) is 0 Å². The van der Waals surface area contributed by atoms with Crippen LogP contribution in [0.2, 0.25) is 0 Å². The van der Waals surface area contributed by atoms with E-state index < -0.39 is 0 Å². The molecule has 7 heteroatoms. The molecule has 106 valence electrons. The smallest absolute Gasteiger partial charge is 0.213 e. The second-order valence-corrected chi connectivity index (χ2v) is 16.9. The molecule has 0 N–H and O–H groups in total. The van der Waals surface area contributed by atoms with Crippen molar-refractivity contribution in [1.82, 2.24) is 0 Å². The second kappa shape index (κ2) is 9.29. The first-order chi connectivity index (χ1) is 8.21. The van der Waals surface area contributed by atoms with Crippen LogP contribution in [0, 0.1) is 0 Å². The minimum atomic E-state index is -0.240. The fourth-order valence-electron chi connectivity index (χ4n) is 1.13. The Balaban J connectivity index is 0.000000324. The van der Waals surface area contributed by atoms with Gasteiger partial charge in [-0.2, -0.15) is 24.3 Å². The number of hydrogen-bond acceptors (Lipinski definition) is 0. The summed E-state index contributed by atoms with van der Waals surface area (Å²) >= 11 is 20.4. The maximum Gasteiger partial charge on any atom is 2.00 e. The van der Waals surface area contributed by atoms with E-state index in [4.69, 9.17) is 0 Å². The molecule has 0 saturated heterocycles. The summed E-state index contributed by atoms with van der Waals surface area (Å²) in [7, 11) is 0. The molecule has 0 aliphatic heterocycles. The van der Waals surface area contributed by atoms with Gasteiger partial charge in [-0.1, -0.05) is 95.6 Å². The first-order valence-electron chi connectivity index (χ1n) is 4.79. The summed E-state index contributed by atoms with van der Waals surface area (Å²) in [6, 6.07) is 16.1. The van der Waals surface area contributed by atoms with Crippen LogP contribution in [0.4, 0.5) is 0 Å². The van der Waals surface area contributed by atoms with E-state index in [1.54, 1.807) is 0 Å². The molecule has 0 nitrogen and oxygen atoms in total. The zero-order chi connectivity index (χ0) is 13.8. The van der Waals surface area contributed by atoms with Gasteiger partial charge >= 0.3 is 17.1 Å². The van der Waals surface area contributed by atoms with E-state index in [2.05, 4.69) is 95.6 Å². The maximum absolute atomic E-state index is 3.40. The molecule has 0 heterocycles. The molecule has 19 heavy (non-hydrogen) atoms. The minimum Gasteiger partial charge on any atom is -0.213 e. The van der Waals surface area contributed by atoms with Crippen LogP contribution in [-0.2, 0) is 21.4 Å². The Kier molecular flexibility index (Phi) is 10.3. The minimum absolute atomic E-state index is 0. The number of alkyl halides is 6. The van der Waals surface area contributed by atoms with Crippen molar-refractivity contribution in [1.29, 1.82) is 0 Å². The van der Waals surface area contributed by atoms with E-state index in [0.717, 1.165) is 0 Å². The fraction of sp³-hybridized carbons (Fsp3) is 0.167. The van der Waals surface area contributed by atoms with Gasteiger partial charge in [-0.05, 0) is 0 Å². The third kappa shape index (κ3) is 8.34. The van der Waals surface area contributed by atoms with Crippen LogP contribution in [0.1, 0.15) is 11.1 Å². The van der Waals surface area contributed by atoms with E-state index in [0.29, 0.717) is 0 Å². The van der Waals surface area contributed by atoms with Gasteiger partial charge < -0.3 is 0 Å². The summed E-state index contributed by atoms with van der Waals surface area (Å²) in [6.45, 7) is 0. The van der Waals surface area contributed by atoms with Gasteiger partial charge in [0, 0.05) is 0 Å². The van der Waals surface area contributed by atoms with Crippen molar-refractivity contribution in [2.24, 2.45) is 0 Å². The Hall–Kier alpha value is 2.10. The van der Waals surface area contributed by atoms with Crippen LogP contribution in [0.5, 0.6) is 0 Å². The van der Waals surface area contributed by atoms with Gasteiger partial charge in [0.1, 0.15) is 4.29 Å². The van der Waals surface area contributed by atoms with E-state index in [9.17, 15) is 0 Å². The number of halogens is 6. The first kappa shape index (κ1) is 21.1. The van der Waals surface area contributed by atoms with Gasteiger partial charge in [-0.15, -0.1) is 11.1 Å². The molecule has 0 atom stereocenters. The average molecular weight is 687 g/mol. The molecule has 0 spiro atoms. The Morgan fingerprint density at radius 3 is 1.11 bits per heavy atom. The van der Waals surface area contributed by atoms with Crippen LogP contribution in [0.25, 0.3) is 0 Å². The van der Waals surface area contributed by atoms with Gasteiger partial charge in [-0.25, -0.2) is 24.3 Å². The van der Waals surface area contributed by atoms with Crippen molar-refractivity contribution in [3.05, 3.63) is 59.7 Å². The molecular weight excluding hydrogens is 679 g/mol. The van der Waals surface area contributed by atoms with Gasteiger partial charge in [0.15, 0.2) is 0 Å². The summed E-state index contributed by atoms with van der Waals surface area (Å²) in [5.74, 6) is 0. The summed E-state index contributed by atoms with van der Waals surface area (Å²) in [6.07, 6.45) is 0. The van der Waals surface area contributed by atoms with Gasteiger partial charge in [0.05, 0.1) is 0 Å². The average Bonchev–Trinajstić information content (AvgIpc) is 2.91. The largest absolute Gasteiger partial charge is 2.00 e. The third-order valence-corrected chi connectivity index (χ3v) is 4.73. The third-order valence-electron chi connectivity index (χ3n) is 1.98. The Bertz CT molecular complexity index is 391. The van der Waals surface area contributed by atoms with E-state index in [-0.39, 0.29) is 21.4 Å². The summed E-state index contributed by atoms with van der Waals surface area (Å²) in [5, 5.41) is 0. The molecular formula is C12H8Br6Fe. The molecule has 0 saturated carbocycles. The zero-order valence-electron chi connectivity index (χ0n) is 9.24. The molecule has 0 amide bonds. The number of rotatable bonds is 0. The van der Waals surface area contributed by atoms with E-state index in [1.165, 1.54) is 11.1 Å². The molecule has 0 aliphatic rings. The molecule has 2 rings (SSSR count). The van der Waals surface area contributed by atoms with Crippen molar-refractivity contribution in [3.63, 3.8) is 0 Å². The molecule has 0 unspecified atom stereocenters. The van der Waals surface area contributed by atoms with Crippen LogP contribution in [0.15, 0.2) is 48.5 Å². The monoisotopic (exact) mass is 682 g/mol. The predicted molar refractivity (Wildman–Crippen MR) is 101 cm³/mol. The summed E-state index contributed by atoms with van der Waals surface area (Å²) in [5.41, 5.74) is 2.34. The van der Waals surface area contributed by atoms with Crippen molar-refractivity contribution in [3.8, 4) is 0 Å². The SMILES string of the molecule is BrC(Br)(Br)c1ccc[cH-]1.BrC(Br)(Br)c1ccc[cH-]1.[Fe+2]. The molecule has 0 radical (unpaired) electrons. The predicted octanol–water partition coefficient (Wildman–Crippen LogP) is 7.40. The van der Waals surface area contributed by atoms with Crippen molar-refractivity contribution < 1.29 is 17.1 Å². The van der Waals surface area contributed by atoms with Gasteiger partial charge in [-0.3, -0.25) is 0 Å². The van der Waals surface area contributed by atoms with Crippen LogP contribution in [0.3, 0.4) is 0 Å². The molecule has 0 fully saturated rings. The quantitative estimate of drug-likeness (QED) is 0.154. The second-order valence-electron chi connectivity index (χ2n) is 3.34. The zero-order valence-corrected chi connectivity index (χ0v) is 19.9. The molecule has 0 aromatic heterocycles. The van der Waals surface area contributed by atoms with Crippen LogP contribution in [-0.4, -0.2) is 0 Å². The molecule has 2 aromatic rings. The van der Waals surface area contributed by atoms with E-state index >= 15 is 0 Å². The van der Waals surface area contributed by atoms with Crippen LogP contribution >= 0.6 is 95.6 Å². The molecule has 2 aromatic carbocycles. The van der Waals surface area contributed by atoms with Crippen molar-refractivity contribution in [2.75, 3.05) is 0 Å². The standard InChI is InChI=1S/2C6H4Br3.Fe/c2*7-6(8,9)5-3-1-2-4-5;/h2*1-4H;/q2*-1;+2.